The first-order valence-corrected chi connectivity index (χ1v) is 6.92. The summed E-state index contributed by atoms with van der Waals surface area (Å²) < 4.78 is 3.36. The van der Waals surface area contributed by atoms with Crippen molar-refractivity contribution in [1.82, 2.24) is 0 Å². The van der Waals surface area contributed by atoms with Crippen LogP contribution in [0, 0.1) is 0 Å². The van der Waals surface area contributed by atoms with Gasteiger partial charge >= 0.3 is 0 Å². The van der Waals surface area contributed by atoms with Crippen molar-refractivity contribution in [2.24, 2.45) is 0 Å². The lowest BCUT2D eigenvalue weighted by Gasteiger charge is -2.37. The highest BCUT2D eigenvalue weighted by molar-refractivity contribution is 4.38. The first-order valence-electron chi connectivity index (χ1n) is 6.92. The summed E-state index contributed by atoms with van der Waals surface area (Å²) in [7, 11) is 16.3. The molecule has 0 heterocycles. The Kier molecular flexibility index (Phi) is 6.12. The summed E-state index contributed by atoms with van der Waals surface area (Å²) in [6.07, 6.45) is 1.28. The van der Waals surface area contributed by atoms with Gasteiger partial charge in [0.2, 0.25) is 0 Å². The number of hydrogen-bond acceptors (Lipinski definition) is 0. The van der Waals surface area contributed by atoms with E-state index in [0.29, 0.717) is 0 Å². The molecule has 0 aromatic rings. The molecule has 0 bridgehead atoms. The molecule has 0 aliphatic heterocycles. The third kappa shape index (κ3) is 9.57. The molecule has 0 rings (SSSR count). The molecule has 0 radical (unpaired) electrons. The van der Waals surface area contributed by atoms with Gasteiger partial charge < -0.3 is 13.4 Å². The normalized spacial score (nSPS) is 14.1. The lowest BCUT2D eigenvalue weighted by atomic mass is 10.3. The number of hydrogen-bond donors (Lipinski definition) is 0. The van der Waals surface area contributed by atoms with Gasteiger partial charge in [-0.2, -0.15) is 0 Å². The maximum absolute atomic E-state index is 2.36. The Hall–Kier alpha value is -0.120. The molecule has 0 atom stereocenters. The predicted molar refractivity (Wildman–Crippen MR) is 76.9 cm³/mol. The molecule has 0 saturated carbocycles. The summed E-state index contributed by atoms with van der Waals surface area (Å²) in [4.78, 5) is 0. The van der Waals surface area contributed by atoms with Gasteiger partial charge in [-0.1, -0.05) is 6.92 Å². The first kappa shape index (κ1) is 16.9. The molecule has 0 aliphatic rings. The minimum Gasteiger partial charge on any atom is -0.326 e. The van der Waals surface area contributed by atoms with E-state index < -0.39 is 0 Å². The highest BCUT2D eigenvalue weighted by atomic mass is 15.4. The summed E-state index contributed by atoms with van der Waals surface area (Å²) in [6.45, 7) is 8.61. The summed E-state index contributed by atoms with van der Waals surface area (Å²) in [5, 5.41) is 0. The standard InChI is InChI=1S/C14H36N3/c1-9-10-16(5,6)13-14-17(7,8)12-11-15(2,3)4/h9-14H2,1-8H3/q+3. The maximum atomic E-state index is 2.36. The van der Waals surface area contributed by atoms with Crippen LogP contribution in [0.2, 0.25) is 0 Å². The van der Waals surface area contributed by atoms with Gasteiger partial charge in [0, 0.05) is 0 Å². The molecule has 0 amide bonds. The summed E-state index contributed by atoms with van der Waals surface area (Å²) in [6, 6.07) is 0. The van der Waals surface area contributed by atoms with Crippen LogP contribution in [0.25, 0.3) is 0 Å². The van der Waals surface area contributed by atoms with E-state index >= 15 is 0 Å². The Morgan fingerprint density at radius 3 is 1.24 bits per heavy atom. The van der Waals surface area contributed by atoms with Crippen LogP contribution >= 0.6 is 0 Å². The molecule has 0 saturated heterocycles. The second-order valence-electron chi connectivity index (χ2n) is 7.78. The van der Waals surface area contributed by atoms with Crippen molar-refractivity contribution in [1.29, 1.82) is 0 Å². The number of rotatable bonds is 8. The van der Waals surface area contributed by atoms with E-state index in [1.54, 1.807) is 0 Å². The van der Waals surface area contributed by atoms with Gasteiger partial charge in [-0.05, 0) is 6.42 Å². The van der Waals surface area contributed by atoms with Gasteiger partial charge in [0.1, 0.15) is 26.2 Å². The smallest absolute Gasteiger partial charge is 0.128 e. The van der Waals surface area contributed by atoms with E-state index in [2.05, 4.69) is 56.3 Å². The second kappa shape index (κ2) is 6.17. The van der Waals surface area contributed by atoms with Gasteiger partial charge in [-0.3, -0.25) is 0 Å². The van der Waals surface area contributed by atoms with Crippen molar-refractivity contribution in [2.45, 2.75) is 13.3 Å². The van der Waals surface area contributed by atoms with Gasteiger partial charge in [-0.25, -0.2) is 0 Å². The van der Waals surface area contributed by atoms with Crippen LogP contribution in [0.3, 0.4) is 0 Å². The van der Waals surface area contributed by atoms with Crippen LogP contribution in [-0.4, -0.2) is 95.5 Å². The molecule has 104 valence electrons. The Morgan fingerprint density at radius 2 is 0.882 bits per heavy atom. The summed E-state index contributed by atoms with van der Waals surface area (Å²) in [5.74, 6) is 0. The largest absolute Gasteiger partial charge is 0.326 e. The van der Waals surface area contributed by atoms with E-state index in [0.717, 1.165) is 13.4 Å². The Morgan fingerprint density at radius 1 is 0.529 bits per heavy atom. The van der Waals surface area contributed by atoms with Crippen LogP contribution < -0.4 is 0 Å². The molecule has 17 heavy (non-hydrogen) atoms. The van der Waals surface area contributed by atoms with E-state index in [1.165, 1.54) is 39.1 Å². The minimum atomic E-state index is 1.06. The van der Waals surface area contributed by atoms with Crippen molar-refractivity contribution in [2.75, 3.05) is 82.1 Å². The summed E-state index contributed by atoms with van der Waals surface area (Å²) in [5.41, 5.74) is 0. The Balaban J connectivity index is 4.09. The molecule has 0 aliphatic carbocycles. The first-order chi connectivity index (χ1) is 7.47. The monoisotopic (exact) mass is 246 g/mol. The topological polar surface area (TPSA) is 0 Å². The number of quaternary nitrogens is 3. The molecule has 0 unspecified atom stereocenters. The molecular weight excluding hydrogens is 210 g/mol. The van der Waals surface area contributed by atoms with E-state index in [1.807, 2.05) is 0 Å². The van der Waals surface area contributed by atoms with Crippen molar-refractivity contribution in [3.8, 4) is 0 Å². The van der Waals surface area contributed by atoms with Gasteiger partial charge in [0.25, 0.3) is 0 Å². The average Bonchev–Trinajstić information content (AvgIpc) is 2.12. The fraction of sp³-hybridized carbons (Fsp3) is 1.00. The molecule has 0 aromatic carbocycles. The predicted octanol–water partition coefficient (Wildman–Crippen LogP) is 1.26. The van der Waals surface area contributed by atoms with Crippen LogP contribution in [0.5, 0.6) is 0 Å². The van der Waals surface area contributed by atoms with Crippen molar-refractivity contribution in [3.05, 3.63) is 0 Å². The van der Waals surface area contributed by atoms with Crippen molar-refractivity contribution < 1.29 is 13.4 Å². The average molecular weight is 246 g/mol. The highest BCUT2D eigenvalue weighted by Gasteiger charge is 2.24. The quantitative estimate of drug-likeness (QED) is 0.566. The number of likely N-dealkylation sites (N-methyl/N-ethyl adjacent to an activating group) is 3. The lowest BCUT2D eigenvalue weighted by Crippen LogP contribution is -2.54. The molecule has 0 fully saturated rings. The summed E-state index contributed by atoms with van der Waals surface area (Å²) >= 11 is 0. The SMILES string of the molecule is CCC[N+](C)(C)CC[N+](C)(C)CC[N+](C)(C)C. The number of nitrogens with zero attached hydrogens (tertiary/aromatic N) is 3. The third-order valence-electron chi connectivity index (χ3n) is 3.52. The van der Waals surface area contributed by atoms with Gasteiger partial charge in [0.15, 0.2) is 0 Å². The van der Waals surface area contributed by atoms with E-state index in [4.69, 9.17) is 0 Å². The lowest BCUT2D eigenvalue weighted by molar-refractivity contribution is -0.963. The second-order valence-corrected chi connectivity index (χ2v) is 7.78. The van der Waals surface area contributed by atoms with Crippen molar-refractivity contribution in [3.63, 3.8) is 0 Å². The molecular formula is C14H36N3+3. The third-order valence-corrected chi connectivity index (χ3v) is 3.52. The Labute approximate surface area is 109 Å². The zero-order chi connectivity index (χ0) is 13.7. The molecule has 0 N–H and O–H groups in total. The fourth-order valence-corrected chi connectivity index (χ4v) is 1.94. The van der Waals surface area contributed by atoms with E-state index in [-0.39, 0.29) is 0 Å². The molecule has 3 heteroatoms. The molecule has 0 spiro atoms. The van der Waals surface area contributed by atoms with Crippen LogP contribution in [0.4, 0.5) is 0 Å². The Bertz CT molecular complexity index is 214. The van der Waals surface area contributed by atoms with E-state index in [9.17, 15) is 0 Å². The van der Waals surface area contributed by atoms with Crippen molar-refractivity contribution >= 4 is 0 Å². The van der Waals surface area contributed by atoms with Crippen LogP contribution in [0.15, 0.2) is 0 Å². The van der Waals surface area contributed by atoms with Gasteiger partial charge in [0.05, 0.1) is 55.9 Å². The zero-order valence-corrected chi connectivity index (χ0v) is 13.6. The van der Waals surface area contributed by atoms with Crippen LogP contribution in [0.1, 0.15) is 13.3 Å². The fourth-order valence-electron chi connectivity index (χ4n) is 1.94. The maximum Gasteiger partial charge on any atom is 0.128 e. The molecule has 0 aromatic heterocycles. The zero-order valence-electron chi connectivity index (χ0n) is 13.6. The van der Waals surface area contributed by atoms with Gasteiger partial charge in [-0.15, -0.1) is 0 Å². The minimum absolute atomic E-state index is 1.06. The molecule has 3 nitrogen and oxygen atoms in total. The van der Waals surface area contributed by atoms with Crippen LogP contribution in [-0.2, 0) is 0 Å². The highest BCUT2D eigenvalue weighted by Crippen LogP contribution is 2.05.